The molecule has 122 valence electrons. The average Bonchev–Trinajstić information content (AvgIpc) is 2.54. The number of rotatable bonds is 3. The van der Waals surface area contributed by atoms with Crippen molar-refractivity contribution >= 4 is 28.4 Å². The van der Waals surface area contributed by atoms with Gasteiger partial charge < -0.3 is 10.4 Å². The van der Waals surface area contributed by atoms with E-state index in [1.165, 1.54) is 30.6 Å². The molecule has 0 unspecified atom stereocenters. The minimum atomic E-state index is -4.41. The highest BCUT2D eigenvalue weighted by atomic mass is 19.4. The van der Waals surface area contributed by atoms with Crippen LogP contribution in [-0.2, 0) is 6.18 Å². The molecule has 0 aliphatic heterocycles. The zero-order valence-corrected chi connectivity index (χ0v) is 12.0. The molecule has 24 heavy (non-hydrogen) atoms. The molecule has 2 aromatic carbocycles. The SMILES string of the molecule is O=C(O)c1ccc2ncnc(Nc3ccc(C(F)(F)F)cc3)c2c1. The summed E-state index contributed by atoms with van der Waals surface area (Å²) >= 11 is 0. The first-order valence-electron chi connectivity index (χ1n) is 6.77. The highest BCUT2D eigenvalue weighted by Crippen LogP contribution is 2.31. The van der Waals surface area contributed by atoms with Crippen LogP contribution in [0.5, 0.6) is 0 Å². The maximum atomic E-state index is 12.6. The first-order valence-corrected chi connectivity index (χ1v) is 6.77. The largest absolute Gasteiger partial charge is 0.478 e. The molecular weight excluding hydrogens is 323 g/mol. The number of nitrogens with one attached hydrogen (secondary N) is 1. The monoisotopic (exact) mass is 333 g/mol. The number of nitrogens with zero attached hydrogens (tertiary/aromatic N) is 2. The summed E-state index contributed by atoms with van der Waals surface area (Å²) in [5.74, 6) is -0.788. The molecule has 2 N–H and O–H groups in total. The molecule has 8 heteroatoms. The number of hydrogen-bond donors (Lipinski definition) is 2. The van der Waals surface area contributed by atoms with Crippen molar-refractivity contribution in [3.05, 3.63) is 59.9 Å². The summed E-state index contributed by atoms with van der Waals surface area (Å²) in [4.78, 5) is 19.2. The minimum Gasteiger partial charge on any atom is -0.478 e. The van der Waals surface area contributed by atoms with Crippen molar-refractivity contribution in [2.75, 3.05) is 5.32 Å². The number of carboxylic acids is 1. The predicted octanol–water partition coefficient (Wildman–Crippen LogP) is 4.09. The minimum absolute atomic E-state index is 0.0627. The summed E-state index contributed by atoms with van der Waals surface area (Å²) < 4.78 is 37.7. The van der Waals surface area contributed by atoms with E-state index >= 15 is 0 Å². The van der Waals surface area contributed by atoms with Crippen molar-refractivity contribution in [3.63, 3.8) is 0 Å². The lowest BCUT2D eigenvalue weighted by Crippen LogP contribution is -2.04. The molecule has 0 radical (unpaired) electrons. The van der Waals surface area contributed by atoms with Crippen LogP contribution in [0.2, 0.25) is 0 Å². The molecule has 0 atom stereocenters. The summed E-state index contributed by atoms with van der Waals surface area (Å²) in [5.41, 5.74) is 0.217. The number of fused-ring (bicyclic) bond motifs is 1. The predicted molar refractivity (Wildman–Crippen MR) is 81.2 cm³/mol. The second kappa shape index (κ2) is 5.80. The Morgan fingerprint density at radius 1 is 1.04 bits per heavy atom. The van der Waals surface area contributed by atoms with Gasteiger partial charge >= 0.3 is 12.1 Å². The molecule has 0 spiro atoms. The van der Waals surface area contributed by atoms with Crippen LogP contribution in [0.3, 0.4) is 0 Å². The van der Waals surface area contributed by atoms with E-state index in [1.807, 2.05) is 0 Å². The van der Waals surface area contributed by atoms with Crippen LogP contribution in [0, 0.1) is 0 Å². The Labute approximate surface area is 133 Å². The van der Waals surface area contributed by atoms with Crippen LogP contribution < -0.4 is 5.32 Å². The molecule has 0 aliphatic rings. The highest BCUT2D eigenvalue weighted by Gasteiger charge is 2.29. The maximum absolute atomic E-state index is 12.6. The summed E-state index contributed by atoms with van der Waals surface area (Å²) in [6.07, 6.45) is -3.12. The third kappa shape index (κ3) is 3.12. The summed E-state index contributed by atoms with van der Waals surface area (Å²) in [6.45, 7) is 0. The summed E-state index contributed by atoms with van der Waals surface area (Å²) in [6, 6.07) is 8.82. The highest BCUT2D eigenvalue weighted by molar-refractivity contribution is 5.97. The number of hydrogen-bond acceptors (Lipinski definition) is 4. The van der Waals surface area contributed by atoms with Crippen molar-refractivity contribution < 1.29 is 23.1 Å². The Morgan fingerprint density at radius 2 is 1.75 bits per heavy atom. The molecular formula is C16H10F3N3O2. The first kappa shape index (κ1) is 15.7. The van der Waals surface area contributed by atoms with Crippen LogP contribution in [0.1, 0.15) is 15.9 Å². The van der Waals surface area contributed by atoms with E-state index in [0.29, 0.717) is 22.4 Å². The molecule has 5 nitrogen and oxygen atoms in total. The van der Waals surface area contributed by atoms with E-state index in [9.17, 15) is 18.0 Å². The lowest BCUT2D eigenvalue weighted by atomic mass is 10.1. The normalized spacial score (nSPS) is 11.5. The van der Waals surface area contributed by atoms with Crippen LogP contribution in [0.4, 0.5) is 24.7 Å². The van der Waals surface area contributed by atoms with Gasteiger partial charge in [0.25, 0.3) is 0 Å². The fourth-order valence-corrected chi connectivity index (χ4v) is 2.17. The van der Waals surface area contributed by atoms with Gasteiger partial charge in [0.15, 0.2) is 0 Å². The zero-order valence-electron chi connectivity index (χ0n) is 12.0. The van der Waals surface area contributed by atoms with E-state index in [0.717, 1.165) is 12.1 Å². The van der Waals surface area contributed by atoms with Crippen molar-refractivity contribution in [1.82, 2.24) is 9.97 Å². The van der Waals surface area contributed by atoms with Gasteiger partial charge in [-0.25, -0.2) is 14.8 Å². The molecule has 3 aromatic rings. The van der Waals surface area contributed by atoms with Crippen LogP contribution in [-0.4, -0.2) is 21.0 Å². The van der Waals surface area contributed by atoms with Crippen LogP contribution >= 0.6 is 0 Å². The standard InChI is InChI=1S/C16H10F3N3O2/c17-16(18,19)10-2-4-11(5-3-10)22-14-12-7-9(15(23)24)1-6-13(12)20-8-21-14/h1-8H,(H,23,24)(H,20,21,22). The van der Waals surface area contributed by atoms with E-state index in [4.69, 9.17) is 5.11 Å². The molecule has 0 fully saturated rings. The Hall–Kier alpha value is -3.16. The van der Waals surface area contributed by atoms with Gasteiger partial charge in [-0.3, -0.25) is 0 Å². The molecule has 0 saturated heterocycles. The van der Waals surface area contributed by atoms with Gasteiger partial charge in [-0.1, -0.05) is 0 Å². The van der Waals surface area contributed by atoms with Gasteiger partial charge in [0.05, 0.1) is 16.6 Å². The van der Waals surface area contributed by atoms with E-state index < -0.39 is 17.7 Å². The van der Waals surface area contributed by atoms with Crippen LogP contribution in [0.15, 0.2) is 48.8 Å². The second-order valence-electron chi connectivity index (χ2n) is 4.96. The fraction of sp³-hybridized carbons (Fsp3) is 0.0625. The number of carbonyl (C=O) groups is 1. The molecule has 0 bridgehead atoms. The Bertz CT molecular complexity index is 909. The summed E-state index contributed by atoms with van der Waals surface area (Å²) in [5, 5.41) is 12.4. The number of aromatic nitrogens is 2. The Balaban J connectivity index is 1.97. The second-order valence-corrected chi connectivity index (χ2v) is 4.96. The smallest absolute Gasteiger partial charge is 0.416 e. The van der Waals surface area contributed by atoms with Gasteiger partial charge in [0, 0.05) is 11.1 Å². The van der Waals surface area contributed by atoms with E-state index in [1.54, 1.807) is 6.07 Å². The number of aromatic carboxylic acids is 1. The van der Waals surface area contributed by atoms with Crippen molar-refractivity contribution in [1.29, 1.82) is 0 Å². The van der Waals surface area contributed by atoms with Crippen molar-refractivity contribution in [3.8, 4) is 0 Å². The lowest BCUT2D eigenvalue weighted by molar-refractivity contribution is -0.137. The van der Waals surface area contributed by atoms with Gasteiger partial charge in [0.2, 0.25) is 0 Å². The molecule has 0 amide bonds. The first-order chi connectivity index (χ1) is 11.3. The van der Waals surface area contributed by atoms with Gasteiger partial charge in [-0.2, -0.15) is 13.2 Å². The maximum Gasteiger partial charge on any atom is 0.416 e. The number of anilines is 2. The fourth-order valence-electron chi connectivity index (χ4n) is 2.17. The molecule has 1 heterocycles. The number of halogens is 3. The van der Waals surface area contributed by atoms with Gasteiger partial charge in [-0.05, 0) is 42.5 Å². The Morgan fingerprint density at radius 3 is 2.38 bits per heavy atom. The van der Waals surface area contributed by atoms with Crippen LogP contribution in [0.25, 0.3) is 10.9 Å². The third-order valence-corrected chi connectivity index (χ3v) is 3.36. The molecule has 0 saturated carbocycles. The summed E-state index contributed by atoms with van der Waals surface area (Å²) in [7, 11) is 0. The molecule has 1 aromatic heterocycles. The van der Waals surface area contributed by atoms with E-state index in [-0.39, 0.29) is 5.56 Å². The molecule has 3 rings (SSSR count). The van der Waals surface area contributed by atoms with Crippen molar-refractivity contribution in [2.24, 2.45) is 0 Å². The molecule has 0 aliphatic carbocycles. The Kier molecular flexibility index (Phi) is 3.80. The van der Waals surface area contributed by atoms with E-state index in [2.05, 4.69) is 15.3 Å². The number of carboxylic acid groups (broad SMARTS) is 1. The van der Waals surface area contributed by atoms with Crippen molar-refractivity contribution in [2.45, 2.75) is 6.18 Å². The van der Waals surface area contributed by atoms with Gasteiger partial charge in [-0.15, -0.1) is 0 Å². The van der Waals surface area contributed by atoms with Gasteiger partial charge in [0.1, 0.15) is 12.1 Å². The average molecular weight is 333 g/mol. The quantitative estimate of drug-likeness (QED) is 0.755. The zero-order chi connectivity index (χ0) is 17.3. The topological polar surface area (TPSA) is 75.1 Å². The number of benzene rings is 2. The lowest BCUT2D eigenvalue weighted by Gasteiger charge is -2.10. The third-order valence-electron chi connectivity index (χ3n) is 3.36. The number of alkyl halides is 3.